The topological polar surface area (TPSA) is 47.6 Å². The van der Waals surface area contributed by atoms with Crippen LogP contribution in [0, 0.1) is 5.82 Å². The van der Waals surface area contributed by atoms with Gasteiger partial charge >= 0.3 is 0 Å². The summed E-state index contributed by atoms with van der Waals surface area (Å²) in [4.78, 5) is 11.7. The zero-order valence-corrected chi connectivity index (χ0v) is 13.0. The number of nitrogens with one attached hydrogen (secondary N) is 1. The molecule has 0 fully saturated rings. The minimum absolute atomic E-state index is 0.0803. The van der Waals surface area contributed by atoms with Crippen LogP contribution in [-0.2, 0) is 11.2 Å². The van der Waals surface area contributed by atoms with Gasteiger partial charge < -0.3 is 14.8 Å². The van der Waals surface area contributed by atoms with Crippen molar-refractivity contribution in [3.05, 3.63) is 59.9 Å². The third kappa shape index (κ3) is 5.29. The second-order valence-corrected chi connectivity index (χ2v) is 4.98. The highest BCUT2D eigenvalue weighted by atomic mass is 19.1. The Bertz CT molecular complexity index is 646. The standard InChI is InChI=1S/C18H20FNO3/c1-22-16-10-4-2-7-14(16)8-6-12-20-18(21)13-23-17-11-5-3-9-15(17)19/h2-5,7,9-11H,6,8,12-13H2,1H3,(H,20,21). The summed E-state index contributed by atoms with van der Waals surface area (Å²) in [5.41, 5.74) is 1.10. The van der Waals surface area contributed by atoms with Gasteiger partial charge in [-0.15, -0.1) is 0 Å². The highest BCUT2D eigenvalue weighted by Crippen LogP contribution is 2.18. The van der Waals surface area contributed by atoms with Crippen molar-refractivity contribution in [3.8, 4) is 11.5 Å². The summed E-state index contributed by atoms with van der Waals surface area (Å²) in [6.45, 7) is 0.326. The number of halogens is 1. The lowest BCUT2D eigenvalue weighted by atomic mass is 10.1. The molecule has 4 nitrogen and oxygen atoms in total. The smallest absolute Gasteiger partial charge is 0.257 e. The lowest BCUT2D eigenvalue weighted by molar-refractivity contribution is -0.123. The van der Waals surface area contributed by atoms with Crippen LogP contribution in [0.4, 0.5) is 4.39 Å². The molecule has 2 aromatic rings. The van der Waals surface area contributed by atoms with Crippen molar-refractivity contribution < 1.29 is 18.7 Å². The molecule has 122 valence electrons. The van der Waals surface area contributed by atoms with Crippen LogP contribution in [0.1, 0.15) is 12.0 Å². The van der Waals surface area contributed by atoms with Crippen LogP contribution in [0.5, 0.6) is 11.5 Å². The number of para-hydroxylation sites is 2. The molecule has 0 aliphatic carbocycles. The number of carbonyl (C=O) groups excluding carboxylic acids is 1. The molecule has 0 spiro atoms. The van der Waals surface area contributed by atoms with Crippen LogP contribution in [0.15, 0.2) is 48.5 Å². The van der Waals surface area contributed by atoms with E-state index in [9.17, 15) is 9.18 Å². The van der Waals surface area contributed by atoms with E-state index in [1.54, 1.807) is 19.2 Å². The molecule has 0 bridgehead atoms. The van der Waals surface area contributed by atoms with Crippen molar-refractivity contribution in [2.75, 3.05) is 20.3 Å². The van der Waals surface area contributed by atoms with Crippen LogP contribution < -0.4 is 14.8 Å². The minimum atomic E-state index is -0.475. The van der Waals surface area contributed by atoms with Crippen LogP contribution in [0.25, 0.3) is 0 Å². The summed E-state index contributed by atoms with van der Waals surface area (Å²) in [6, 6.07) is 13.8. The Morgan fingerprint density at radius 1 is 1.09 bits per heavy atom. The fraction of sp³-hybridized carbons (Fsp3) is 0.278. The summed E-state index contributed by atoms with van der Waals surface area (Å²) >= 11 is 0. The van der Waals surface area contributed by atoms with Crippen LogP contribution in [0.2, 0.25) is 0 Å². The average molecular weight is 317 g/mol. The molecule has 0 atom stereocenters. The van der Waals surface area contributed by atoms with Crippen LogP contribution in [-0.4, -0.2) is 26.2 Å². The predicted octanol–water partition coefficient (Wildman–Crippen LogP) is 2.96. The maximum Gasteiger partial charge on any atom is 0.257 e. The highest BCUT2D eigenvalue weighted by molar-refractivity contribution is 5.77. The van der Waals surface area contributed by atoms with Crippen molar-refractivity contribution >= 4 is 5.91 Å². The largest absolute Gasteiger partial charge is 0.496 e. The molecule has 1 N–H and O–H groups in total. The number of rotatable bonds is 8. The molecular weight excluding hydrogens is 297 g/mol. The van der Waals surface area contributed by atoms with Crippen LogP contribution >= 0.6 is 0 Å². The Labute approximate surface area is 135 Å². The Morgan fingerprint density at radius 3 is 2.52 bits per heavy atom. The van der Waals surface area contributed by atoms with Crippen molar-refractivity contribution in [1.29, 1.82) is 0 Å². The fourth-order valence-electron chi connectivity index (χ4n) is 2.17. The molecule has 2 rings (SSSR count). The first-order valence-electron chi connectivity index (χ1n) is 7.46. The number of methoxy groups -OCH3 is 1. The lowest BCUT2D eigenvalue weighted by Gasteiger charge is -2.09. The normalized spacial score (nSPS) is 10.2. The number of hydrogen-bond acceptors (Lipinski definition) is 3. The van der Waals surface area contributed by atoms with Gasteiger partial charge in [-0.1, -0.05) is 30.3 Å². The van der Waals surface area contributed by atoms with Crippen molar-refractivity contribution in [1.82, 2.24) is 5.32 Å². The van der Waals surface area contributed by atoms with Gasteiger partial charge in [-0.25, -0.2) is 4.39 Å². The quantitative estimate of drug-likeness (QED) is 0.762. The van der Waals surface area contributed by atoms with Crippen molar-refractivity contribution in [3.63, 3.8) is 0 Å². The molecule has 2 aromatic carbocycles. The van der Waals surface area contributed by atoms with E-state index in [4.69, 9.17) is 9.47 Å². The van der Waals surface area contributed by atoms with Gasteiger partial charge in [-0.2, -0.15) is 0 Å². The minimum Gasteiger partial charge on any atom is -0.496 e. The first-order chi connectivity index (χ1) is 11.2. The fourth-order valence-corrected chi connectivity index (χ4v) is 2.17. The number of amides is 1. The Balaban J connectivity index is 1.68. The maximum atomic E-state index is 13.3. The zero-order chi connectivity index (χ0) is 16.5. The van der Waals surface area contributed by atoms with E-state index in [1.807, 2.05) is 24.3 Å². The predicted molar refractivity (Wildman–Crippen MR) is 86.2 cm³/mol. The van der Waals surface area contributed by atoms with Gasteiger partial charge in [-0.3, -0.25) is 4.79 Å². The zero-order valence-electron chi connectivity index (χ0n) is 13.0. The Hall–Kier alpha value is -2.56. The number of benzene rings is 2. The number of carbonyl (C=O) groups is 1. The SMILES string of the molecule is COc1ccccc1CCCNC(=O)COc1ccccc1F. The Morgan fingerprint density at radius 2 is 1.78 bits per heavy atom. The van der Waals surface area contributed by atoms with Crippen molar-refractivity contribution in [2.24, 2.45) is 0 Å². The second kappa shape index (κ2) is 8.78. The van der Waals surface area contributed by atoms with Gasteiger partial charge in [0.15, 0.2) is 18.2 Å². The van der Waals surface area contributed by atoms with E-state index in [2.05, 4.69) is 5.32 Å². The van der Waals surface area contributed by atoms with E-state index in [0.717, 1.165) is 24.2 Å². The molecule has 0 radical (unpaired) electrons. The van der Waals surface area contributed by atoms with Gasteiger partial charge in [-0.05, 0) is 36.6 Å². The van der Waals surface area contributed by atoms with E-state index in [0.29, 0.717) is 6.54 Å². The molecular formula is C18H20FNO3. The molecule has 0 aliphatic heterocycles. The summed E-state index contributed by atoms with van der Waals surface area (Å²) in [5.74, 6) is 0.183. The third-order valence-corrected chi connectivity index (χ3v) is 3.33. The van der Waals surface area contributed by atoms with E-state index < -0.39 is 5.82 Å². The van der Waals surface area contributed by atoms with Gasteiger partial charge in [0.1, 0.15) is 5.75 Å². The number of aryl methyl sites for hydroxylation is 1. The molecule has 0 saturated heterocycles. The molecule has 23 heavy (non-hydrogen) atoms. The molecule has 1 amide bonds. The molecule has 0 saturated carbocycles. The second-order valence-electron chi connectivity index (χ2n) is 4.98. The number of ether oxygens (including phenoxy) is 2. The van der Waals surface area contributed by atoms with Gasteiger partial charge in [0.25, 0.3) is 5.91 Å². The third-order valence-electron chi connectivity index (χ3n) is 3.33. The Kier molecular flexibility index (Phi) is 6.41. The summed E-state index contributed by atoms with van der Waals surface area (Å²) in [7, 11) is 1.64. The molecule has 5 heteroatoms. The van der Waals surface area contributed by atoms with E-state index >= 15 is 0 Å². The van der Waals surface area contributed by atoms with Crippen molar-refractivity contribution in [2.45, 2.75) is 12.8 Å². The van der Waals surface area contributed by atoms with Gasteiger partial charge in [0.2, 0.25) is 0 Å². The molecule has 0 aromatic heterocycles. The maximum absolute atomic E-state index is 13.3. The molecule has 0 aliphatic rings. The van der Waals surface area contributed by atoms with E-state index in [1.165, 1.54) is 12.1 Å². The first kappa shape index (κ1) is 16.8. The van der Waals surface area contributed by atoms with Gasteiger partial charge in [0.05, 0.1) is 7.11 Å². The van der Waals surface area contributed by atoms with E-state index in [-0.39, 0.29) is 18.3 Å². The van der Waals surface area contributed by atoms with Crippen LogP contribution in [0.3, 0.4) is 0 Å². The first-order valence-corrected chi connectivity index (χ1v) is 7.46. The summed E-state index contributed by atoms with van der Waals surface area (Å²) in [5, 5.41) is 2.75. The highest BCUT2D eigenvalue weighted by Gasteiger charge is 2.06. The lowest BCUT2D eigenvalue weighted by Crippen LogP contribution is -2.30. The average Bonchev–Trinajstić information content (AvgIpc) is 2.58. The number of hydrogen-bond donors (Lipinski definition) is 1. The molecule has 0 unspecified atom stereocenters. The summed E-state index contributed by atoms with van der Waals surface area (Å²) in [6.07, 6.45) is 1.59. The monoisotopic (exact) mass is 317 g/mol. The van der Waals surface area contributed by atoms with Gasteiger partial charge in [0, 0.05) is 6.54 Å². The summed E-state index contributed by atoms with van der Waals surface area (Å²) < 4.78 is 23.8. The molecule has 0 heterocycles.